The van der Waals surface area contributed by atoms with Gasteiger partial charge in [0.15, 0.2) is 11.5 Å². The number of rotatable bonds is 3. The molecule has 7 heteroatoms. The summed E-state index contributed by atoms with van der Waals surface area (Å²) in [4.78, 5) is 22.1. The Morgan fingerprint density at radius 1 is 1.16 bits per heavy atom. The summed E-state index contributed by atoms with van der Waals surface area (Å²) in [6.07, 6.45) is -1.21. The zero-order valence-electron chi connectivity index (χ0n) is 10.3. The van der Waals surface area contributed by atoms with Crippen molar-refractivity contribution in [3.8, 4) is 11.5 Å². The highest BCUT2D eigenvalue weighted by atomic mass is 35.5. The second-order valence-corrected chi connectivity index (χ2v) is 4.18. The highest BCUT2D eigenvalue weighted by Crippen LogP contribution is 2.40. The molecule has 0 saturated carbocycles. The molecule has 0 unspecified atom stereocenters. The van der Waals surface area contributed by atoms with Crippen molar-refractivity contribution >= 4 is 23.5 Å². The van der Waals surface area contributed by atoms with Crippen LogP contribution in [0.4, 0.5) is 0 Å². The summed E-state index contributed by atoms with van der Waals surface area (Å²) in [6, 6.07) is 3.03. The lowest BCUT2D eigenvalue weighted by Gasteiger charge is -2.18. The Hall–Kier alpha value is -1.95. The van der Waals surface area contributed by atoms with E-state index in [1.165, 1.54) is 26.0 Å². The van der Waals surface area contributed by atoms with Crippen LogP contribution in [0.1, 0.15) is 25.7 Å². The Bertz CT molecular complexity index is 511. The molecule has 0 atom stereocenters. The van der Waals surface area contributed by atoms with Crippen molar-refractivity contribution < 1.29 is 28.5 Å². The molecule has 0 aliphatic carbocycles. The van der Waals surface area contributed by atoms with Crippen molar-refractivity contribution in [2.75, 3.05) is 6.79 Å². The van der Waals surface area contributed by atoms with Crippen molar-refractivity contribution in [2.45, 2.75) is 20.1 Å². The van der Waals surface area contributed by atoms with Gasteiger partial charge >= 0.3 is 11.9 Å². The van der Waals surface area contributed by atoms with Crippen molar-refractivity contribution in [2.24, 2.45) is 0 Å². The Morgan fingerprint density at radius 2 is 1.68 bits per heavy atom. The van der Waals surface area contributed by atoms with Gasteiger partial charge in [0.05, 0.1) is 10.6 Å². The fourth-order valence-electron chi connectivity index (χ4n) is 1.57. The molecule has 0 bridgehead atoms. The number of fused-ring (bicyclic) bond motifs is 1. The molecule has 102 valence electrons. The minimum atomic E-state index is -1.21. The van der Waals surface area contributed by atoms with Gasteiger partial charge in [-0.3, -0.25) is 9.59 Å². The number of carbonyl (C=O) groups excluding carboxylic acids is 2. The van der Waals surface area contributed by atoms with Crippen LogP contribution in [0.15, 0.2) is 12.1 Å². The number of hydrogen-bond donors (Lipinski definition) is 0. The number of esters is 2. The van der Waals surface area contributed by atoms with Gasteiger partial charge < -0.3 is 18.9 Å². The van der Waals surface area contributed by atoms with Crippen LogP contribution in [-0.4, -0.2) is 18.7 Å². The molecule has 0 saturated heterocycles. The number of carbonyl (C=O) groups is 2. The van der Waals surface area contributed by atoms with Gasteiger partial charge in [-0.05, 0) is 6.07 Å². The number of ether oxygens (including phenoxy) is 4. The van der Waals surface area contributed by atoms with Crippen LogP contribution < -0.4 is 9.47 Å². The number of hydrogen-bond acceptors (Lipinski definition) is 6. The van der Waals surface area contributed by atoms with Gasteiger partial charge in [0.25, 0.3) is 6.29 Å². The van der Waals surface area contributed by atoms with Gasteiger partial charge in [-0.2, -0.15) is 0 Å². The van der Waals surface area contributed by atoms with Gasteiger partial charge in [0.1, 0.15) is 0 Å². The van der Waals surface area contributed by atoms with Crippen molar-refractivity contribution in [3.63, 3.8) is 0 Å². The maximum atomic E-state index is 11.0. The van der Waals surface area contributed by atoms with Crippen LogP contribution in [0, 0.1) is 0 Å². The van der Waals surface area contributed by atoms with Crippen LogP contribution in [0.2, 0.25) is 5.02 Å². The molecule has 0 fully saturated rings. The largest absolute Gasteiger partial charge is 0.454 e. The predicted molar refractivity (Wildman–Crippen MR) is 63.8 cm³/mol. The first-order valence-corrected chi connectivity index (χ1v) is 5.78. The van der Waals surface area contributed by atoms with Gasteiger partial charge in [-0.1, -0.05) is 11.6 Å². The van der Waals surface area contributed by atoms with Crippen LogP contribution in [0.25, 0.3) is 0 Å². The summed E-state index contributed by atoms with van der Waals surface area (Å²) >= 11 is 6.05. The van der Waals surface area contributed by atoms with Gasteiger partial charge in [0, 0.05) is 19.9 Å². The average molecular weight is 287 g/mol. The van der Waals surface area contributed by atoms with Crippen LogP contribution in [0.3, 0.4) is 0 Å². The standard InChI is InChI=1S/C12H11ClO6/c1-6(14)18-12(19-7(2)15)8-3-10-11(4-9(8)13)17-5-16-10/h3-4,12H,5H2,1-2H3. The summed E-state index contributed by atoms with van der Waals surface area (Å²) in [6.45, 7) is 2.50. The molecular weight excluding hydrogens is 276 g/mol. The van der Waals surface area contributed by atoms with Gasteiger partial charge in [0.2, 0.25) is 6.79 Å². The summed E-state index contributed by atoms with van der Waals surface area (Å²) in [7, 11) is 0. The lowest BCUT2D eigenvalue weighted by Crippen LogP contribution is -2.15. The lowest BCUT2D eigenvalue weighted by atomic mass is 10.2. The molecule has 0 amide bonds. The quantitative estimate of drug-likeness (QED) is 0.626. The van der Waals surface area contributed by atoms with E-state index in [0.717, 1.165) is 0 Å². The predicted octanol–water partition coefficient (Wildman–Crippen LogP) is 2.19. The molecule has 1 aliphatic heterocycles. The fraction of sp³-hybridized carbons (Fsp3) is 0.333. The third kappa shape index (κ3) is 3.08. The number of halogens is 1. The fourth-order valence-corrected chi connectivity index (χ4v) is 1.81. The first-order chi connectivity index (χ1) is 8.97. The smallest absolute Gasteiger partial charge is 0.305 e. The maximum absolute atomic E-state index is 11.0. The lowest BCUT2D eigenvalue weighted by molar-refractivity contribution is -0.186. The van der Waals surface area contributed by atoms with E-state index in [1.807, 2.05) is 0 Å². The van der Waals surface area contributed by atoms with Crippen LogP contribution in [-0.2, 0) is 19.1 Å². The highest BCUT2D eigenvalue weighted by molar-refractivity contribution is 6.31. The minimum Gasteiger partial charge on any atom is -0.454 e. The van der Waals surface area contributed by atoms with E-state index in [0.29, 0.717) is 17.1 Å². The normalized spacial score (nSPS) is 12.4. The summed E-state index contributed by atoms with van der Waals surface area (Å²) in [5.41, 5.74) is 0.316. The number of benzene rings is 1. The Labute approximate surface area is 114 Å². The molecule has 1 aromatic carbocycles. The molecule has 0 spiro atoms. The van der Waals surface area contributed by atoms with E-state index in [1.54, 1.807) is 0 Å². The molecule has 0 N–H and O–H groups in total. The first kappa shape index (κ1) is 13.5. The van der Waals surface area contributed by atoms with Crippen molar-refractivity contribution in [3.05, 3.63) is 22.7 Å². The molecular formula is C12H11ClO6. The monoisotopic (exact) mass is 286 g/mol. The van der Waals surface area contributed by atoms with Crippen LogP contribution in [0.5, 0.6) is 11.5 Å². The van der Waals surface area contributed by atoms with Gasteiger partial charge in [-0.15, -0.1) is 0 Å². The Kier molecular flexibility index (Phi) is 3.80. The van der Waals surface area contributed by atoms with E-state index in [2.05, 4.69) is 0 Å². The SMILES string of the molecule is CC(=O)OC(OC(C)=O)c1cc2c(cc1Cl)OCO2. The van der Waals surface area contributed by atoms with Gasteiger partial charge in [-0.25, -0.2) is 0 Å². The molecule has 0 radical (unpaired) electrons. The molecule has 6 nitrogen and oxygen atoms in total. The summed E-state index contributed by atoms with van der Waals surface area (Å²) in [5, 5.41) is 0.247. The van der Waals surface area contributed by atoms with Crippen LogP contribution >= 0.6 is 11.6 Å². The van der Waals surface area contributed by atoms with E-state index in [4.69, 9.17) is 30.5 Å². The van der Waals surface area contributed by atoms with E-state index in [9.17, 15) is 9.59 Å². The Morgan fingerprint density at radius 3 is 2.21 bits per heavy atom. The molecule has 0 aromatic heterocycles. The second kappa shape index (κ2) is 5.36. The summed E-state index contributed by atoms with van der Waals surface area (Å²) < 4.78 is 20.2. The highest BCUT2D eigenvalue weighted by Gasteiger charge is 2.25. The third-order valence-electron chi connectivity index (χ3n) is 2.29. The van der Waals surface area contributed by atoms with Crippen molar-refractivity contribution in [1.82, 2.24) is 0 Å². The molecule has 19 heavy (non-hydrogen) atoms. The van der Waals surface area contributed by atoms with E-state index < -0.39 is 18.2 Å². The minimum absolute atomic E-state index is 0.0842. The molecule has 1 aliphatic rings. The average Bonchev–Trinajstić information content (AvgIpc) is 2.72. The second-order valence-electron chi connectivity index (χ2n) is 3.78. The zero-order valence-corrected chi connectivity index (χ0v) is 11.0. The third-order valence-corrected chi connectivity index (χ3v) is 2.62. The van der Waals surface area contributed by atoms with Crippen molar-refractivity contribution in [1.29, 1.82) is 0 Å². The zero-order chi connectivity index (χ0) is 14.0. The van der Waals surface area contributed by atoms with E-state index in [-0.39, 0.29) is 11.8 Å². The topological polar surface area (TPSA) is 71.1 Å². The summed E-state index contributed by atoms with van der Waals surface area (Å²) in [5.74, 6) is -0.262. The Balaban J connectivity index is 2.35. The first-order valence-electron chi connectivity index (χ1n) is 5.41. The molecule has 1 aromatic rings. The molecule has 1 heterocycles. The van der Waals surface area contributed by atoms with E-state index >= 15 is 0 Å². The maximum Gasteiger partial charge on any atom is 0.305 e. The molecule has 2 rings (SSSR count).